The molecule has 2 aromatic rings. The molecular weight excluding hydrogens is 323 g/mol. The van der Waals surface area contributed by atoms with Crippen molar-refractivity contribution in [1.29, 1.82) is 0 Å². The highest BCUT2D eigenvalue weighted by Crippen LogP contribution is 2.32. The number of hydrogen-bond donors (Lipinski definition) is 1. The van der Waals surface area contributed by atoms with E-state index in [1.165, 1.54) is 18.3 Å². The van der Waals surface area contributed by atoms with Gasteiger partial charge in [0.15, 0.2) is 6.61 Å². The summed E-state index contributed by atoms with van der Waals surface area (Å²) in [6, 6.07) is 6.51. The maximum absolute atomic E-state index is 12.6. The molecule has 0 aliphatic carbocycles. The Morgan fingerprint density at radius 2 is 2.21 bits per heavy atom. The minimum absolute atomic E-state index is 0.0198. The van der Waals surface area contributed by atoms with Gasteiger partial charge in [0.05, 0.1) is 11.6 Å². The number of H-pyrrole nitrogens is 1. The maximum Gasteiger partial charge on any atom is 0.422 e. The summed E-state index contributed by atoms with van der Waals surface area (Å²) in [6.07, 6.45) is 0.403. The smallest absolute Gasteiger partial charge is 0.422 e. The lowest BCUT2D eigenvalue weighted by Gasteiger charge is -2.24. The molecule has 24 heavy (non-hydrogen) atoms. The van der Waals surface area contributed by atoms with Crippen LogP contribution in [0.1, 0.15) is 34.9 Å². The highest BCUT2D eigenvalue weighted by Gasteiger charge is 2.31. The van der Waals surface area contributed by atoms with Crippen LogP contribution in [0.3, 0.4) is 0 Å². The van der Waals surface area contributed by atoms with Crippen LogP contribution in [0.15, 0.2) is 36.7 Å². The van der Waals surface area contributed by atoms with Gasteiger partial charge in [0.25, 0.3) is 5.91 Å². The van der Waals surface area contributed by atoms with Crippen LogP contribution in [0.4, 0.5) is 13.2 Å². The molecule has 1 fully saturated rings. The standard InChI is InChI=1S/C16H16F3N3O2/c17-16(18,19)10-24-14-6-5-11(9-21-14)15(23)22-8-2-4-13(22)12-3-1-7-20-12/h1,3,5-7,9,13,20H,2,4,8,10H2. The van der Waals surface area contributed by atoms with Gasteiger partial charge in [-0.3, -0.25) is 4.79 Å². The van der Waals surface area contributed by atoms with Crippen LogP contribution >= 0.6 is 0 Å². The quantitative estimate of drug-likeness (QED) is 0.929. The van der Waals surface area contributed by atoms with E-state index in [1.807, 2.05) is 18.3 Å². The number of amides is 1. The Bertz CT molecular complexity index is 684. The molecule has 1 amide bonds. The summed E-state index contributed by atoms with van der Waals surface area (Å²) in [7, 11) is 0. The van der Waals surface area contributed by atoms with Crippen LogP contribution in [0, 0.1) is 0 Å². The Morgan fingerprint density at radius 1 is 1.38 bits per heavy atom. The van der Waals surface area contributed by atoms with Gasteiger partial charge in [-0.1, -0.05) is 0 Å². The number of hydrogen-bond acceptors (Lipinski definition) is 3. The number of carbonyl (C=O) groups is 1. The van der Waals surface area contributed by atoms with Crippen LogP contribution < -0.4 is 4.74 Å². The number of ether oxygens (including phenoxy) is 1. The highest BCUT2D eigenvalue weighted by molar-refractivity contribution is 5.94. The average Bonchev–Trinajstić information content (AvgIpc) is 3.22. The summed E-state index contributed by atoms with van der Waals surface area (Å²) in [5.41, 5.74) is 1.30. The van der Waals surface area contributed by atoms with Crippen LogP contribution in [0.2, 0.25) is 0 Å². The van der Waals surface area contributed by atoms with Gasteiger partial charge in [0.2, 0.25) is 5.88 Å². The molecule has 0 spiro atoms. The van der Waals surface area contributed by atoms with Crippen molar-refractivity contribution in [2.45, 2.75) is 25.1 Å². The first-order chi connectivity index (χ1) is 11.4. The second-order valence-corrected chi connectivity index (χ2v) is 5.57. The van der Waals surface area contributed by atoms with Crippen molar-refractivity contribution in [2.24, 2.45) is 0 Å². The molecule has 1 aliphatic heterocycles. The normalized spacial score (nSPS) is 18.0. The molecule has 1 N–H and O–H groups in total. The van der Waals surface area contributed by atoms with Crippen molar-refractivity contribution in [3.8, 4) is 5.88 Å². The van der Waals surface area contributed by atoms with E-state index in [9.17, 15) is 18.0 Å². The molecule has 128 valence electrons. The van der Waals surface area contributed by atoms with Gasteiger partial charge in [0, 0.05) is 30.7 Å². The largest absolute Gasteiger partial charge is 0.468 e. The van der Waals surface area contributed by atoms with Crippen LogP contribution in [-0.2, 0) is 0 Å². The number of likely N-dealkylation sites (tertiary alicyclic amines) is 1. The summed E-state index contributed by atoms with van der Waals surface area (Å²) >= 11 is 0. The first-order valence-electron chi connectivity index (χ1n) is 7.54. The Labute approximate surface area is 136 Å². The minimum atomic E-state index is -4.42. The number of pyridine rings is 1. The Hall–Kier alpha value is -2.51. The van der Waals surface area contributed by atoms with Gasteiger partial charge < -0.3 is 14.6 Å². The number of nitrogens with one attached hydrogen (secondary N) is 1. The second-order valence-electron chi connectivity index (χ2n) is 5.57. The zero-order valence-electron chi connectivity index (χ0n) is 12.7. The van der Waals surface area contributed by atoms with Gasteiger partial charge in [-0.15, -0.1) is 0 Å². The van der Waals surface area contributed by atoms with Gasteiger partial charge in [-0.05, 0) is 31.0 Å². The fraction of sp³-hybridized carbons (Fsp3) is 0.375. The Balaban J connectivity index is 1.68. The van der Waals surface area contributed by atoms with E-state index in [0.717, 1.165) is 18.5 Å². The summed E-state index contributed by atoms with van der Waals surface area (Å²) in [5.74, 6) is -0.354. The molecule has 0 saturated carbocycles. The van der Waals surface area contributed by atoms with Gasteiger partial charge >= 0.3 is 6.18 Å². The molecule has 1 saturated heterocycles. The number of halogens is 3. The molecule has 1 atom stereocenters. The Morgan fingerprint density at radius 3 is 2.83 bits per heavy atom. The SMILES string of the molecule is O=C(c1ccc(OCC(F)(F)F)nc1)N1CCCC1c1ccc[nH]1. The van der Waals surface area contributed by atoms with E-state index in [4.69, 9.17) is 0 Å². The number of aromatic amines is 1. The van der Waals surface area contributed by atoms with E-state index in [-0.39, 0.29) is 17.8 Å². The van der Waals surface area contributed by atoms with Gasteiger partial charge in [0.1, 0.15) is 0 Å². The number of carbonyl (C=O) groups excluding carboxylic acids is 1. The minimum Gasteiger partial charge on any atom is -0.468 e. The van der Waals surface area contributed by atoms with E-state index < -0.39 is 12.8 Å². The molecule has 3 heterocycles. The van der Waals surface area contributed by atoms with Crippen LogP contribution in [0.25, 0.3) is 0 Å². The number of aromatic nitrogens is 2. The molecule has 2 aromatic heterocycles. The van der Waals surface area contributed by atoms with Gasteiger partial charge in [-0.25, -0.2) is 4.98 Å². The fourth-order valence-electron chi connectivity index (χ4n) is 2.80. The van der Waals surface area contributed by atoms with E-state index in [2.05, 4.69) is 14.7 Å². The first kappa shape index (κ1) is 16.4. The monoisotopic (exact) mass is 339 g/mol. The van der Waals surface area contributed by atoms with Crippen molar-refractivity contribution in [3.05, 3.63) is 47.9 Å². The van der Waals surface area contributed by atoms with Crippen molar-refractivity contribution in [3.63, 3.8) is 0 Å². The highest BCUT2D eigenvalue weighted by atomic mass is 19.4. The van der Waals surface area contributed by atoms with E-state index in [0.29, 0.717) is 12.1 Å². The van der Waals surface area contributed by atoms with Crippen molar-refractivity contribution < 1.29 is 22.7 Å². The molecule has 0 bridgehead atoms. The lowest BCUT2D eigenvalue weighted by Crippen LogP contribution is -2.30. The molecule has 5 nitrogen and oxygen atoms in total. The molecular formula is C16H16F3N3O2. The van der Waals surface area contributed by atoms with Crippen molar-refractivity contribution >= 4 is 5.91 Å². The fourth-order valence-corrected chi connectivity index (χ4v) is 2.80. The lowest BCUT2D eigenvalue weighted by atomic mass is 10.1. The lowest BCUT2D eigenvalue weighted by molar-refractivity contribution is -0.154. The maximum atomic E-state index is 12.6. The molecule has 0 aromatic carbocycles. The zero-order valence-corrected chi connectivity index (χ0v) is 12.7. The third kappa shape index (κ3) is 3.69. The molecule has 1 unspecified atom stereocenters. The van der Waals surface area contributed by atoms with Crippen molar-refractivity contribution in [2.75, 3.05) is 13.2 Å². The summed E-state index contributed by atoms with van der Waals surface area (Å²) in [5, 5.41) is 0. The average molecular weight is 339 g/mol. The third-order valence-electron chi connectivity index (χ3n) is 3.86. The molecule has 8 heteroatoms. The predicted molar refractivity (Wildman–Crippen MR) is 79.6 cm³/mol. The topological polar surface area (TPSA) is 58.2 Å². The predicted octanol–water partition coefficient (Wildman–Crippen LogP) is 3.33. The Kier molecular flexibility index (Phi) is 4.46. The zero-order chi connectivity index (χ0) is 17.2. The van der Waals surface area contributed by atoms with Gasteiger partial charge in [-0.2, -0.15) is 13.2 Å². The number of rotatable bonds is 4. The first-order valence-corrected chi connectivity index (χ1v) is 7.54. The molecule has 1 aliphatic rings. The van der Waals surface area contributed by atoms with E-state index >= 15 is 0 Å². The number of alkyl halides is 3. The van der Waals surface area contributed by atoms with Crippen molar-refractivity contribution in [1.82, 2.24) is 14.9 Å². The van der Waals surface area contributed by atoms with E-state index in [1.54, 1.807) is 4.90 Å². The second kappa shape index (κ2) is 6.54. The molecule has 3 rings (SSSR count). The summed E-state index contributed by atoms with van der Waals surface area (Å²) < 4.78 is 40.9. The van der Waals surface area contributed by atoms with Crippen LogP contribution in [0.5, 0.6) is 5.88 Å². The molecule has 0 radical (unpaired) electrons. The van der Waals surface area contributed by atoms with Crippen LogP contribution in [-0.4, -0.2) is 40.1 Å². The summed E-state index contributed by atoms with van der Waals surface area (Å²) in [4.78, 5) is 21.3. The third-order valence-corrected chi connectivity index (χ3v) is 3.86. The number of nitrogens with zero attached hydrogens (tertiary/aromatic N) is 2. The summed E-state index contributed by atoms with van der Waals surface area (Å²) in [6.45, 7) is -0.775.